The predicted molar refractivity (Wildman–Crippen MR) is 367 cm³/mol. The highest BCUT2D eigenvalue weighted by Crippen LogP contribution is 2.43. The van der Waals surface area contributed by atoms with Crippen LogP contribution in [0.5, 0.6) is 0 Å². The van der Waals surface area contributed by atoms with Crippen molar-refractivity contribution in [3.05, 3.63) is 36.5 Å². The number of nitrogens with two attached hydrogens (primary N) is 1. The highest BCUT2D eigenvalue weighted by atomic mass is 31.2. The van der Waals surface area contributed by atoms with E-state index < -0.39 is 26.5 Å². The van der Waals surface area contributed by atoms with Gasteiger partial charge in [-0.2, -0.15) is 0 Å². The van der Waals surface area contributed by atoms with E-state index in [4.69, 9.17) is 24.3 Å². The number of ether oxygens (including phenoxy) is 2. The van der Waals surface area contributed by atoms with Gasteiger partial charge in [0.25, 0.3) is 0 Å². The molecule has 2 unspecified atom stereocenters. The van der Waals surface area contributed by atoms with Crippen LogP contribution in [0.3, 0.4) is 0 Å². The second-order valence-corrected chi connectivity index (χ2v) is 27.0. The summed E-state index contributed by atoms with van der Waals surface area (Å²) in [6.07, 6.45) is 89.8. The molecule has 0 heterocycles. The Balaban J connectivity index is 3.79. The van der Waals surface area contributed by atoms with Crippen LogP contribution >= 0.6 is 7.82 Å². The van der Waals surface area contributed by atoms with Crippen LogP contribution in [0.4, 0.5) is 0 Å². The molecule has 0 spiro atoms. The van der Waals surface area contributed by atoms with Gasteiger partial charge in [0.2, 0.25) is 0 Å². The summed E-state index contributed by atoms with van der Waals surface area (Å²) in [5.74, 6) is -0.803. The zero-order valence-corrected chi connectivity index (χ0v) is 57.5. The SMILES string of the molecule is CCCCCCC/C=C\C/C=C\CCCCCCCCCCCCCCCCCCCCCCCC(=O)OC(COC(=O)CCCCCCCCCCCCCCCCCCCCC/C=C\CCCCCCCCCC)COP(=O)(O)OCCN. The number of hydrogen-bond donors (Lipinski definition) is 2. The first kappa shape index (κ1) is 83.2. The molecular formula is C75H144NO8P. The standard InChI is InChI=1S/C75H144NO8P/c1-3-5-7-9-11-13-15-17-19-21-23-25-27-29-31-33-35-36-38-40-42-44-46-48-50-52-54-56-58-60-62-64-66-68-75(78)84-73(72-83-85(79,80)82-70-69-76)71-81-74(77)67-65-63-61-59-57-55-53-51-49-47-45-43-41-39-37-34-32-30-28-26-24-22-20-18-16-14-12-10-8-6-4-2/h15,17,21-24,73H,3-14,16,18-20,25-72,76H2,1-2H3,(H,79,80)/b17-15-,23-21-,24-22-. The zero-order valence-electron chi connectivity index (χ0n) is 56.6. The molecule has 3 N–H and O–H groups in total. The van der Waals surface area contributed by atoms with Gasteiger partial charge < -0.3 is 20.1 Å². The maximum absolute atomic E-state index is 12.8. The van der Waals surface area contributed by atoms with Gasteiger partial charge in [0.15, 0.2) is 6.10 Å². The van der Waals surface area contributed by atoms with Gasteiger partial charge in [0.05, 0.1) is 13.2 Å². The van der Waals surface area contributed by atoms with Crippen molar-refractivity contribution in [1.29, 1.82) is 0 Å². The van der Waals surface area contributed by atoms with Crippen molar-refractivity contribution in [2.45, 2.75) is 405 Å². The summed E-state index contributed by atoms with van der Waals surface area (Å²) in [5.41, 5.74) is 5.41. The van der Waals surface area contributed by atoms with Crippen LogP contribution in [-0.2, 0) is 32.7 Å². The summed E-state index contributed by atoms with van der Waals surface area (Å²) in [4.78, 5) is 35.4. The van der Waals surface area contributed by atoms with Crippen LogP contribution in [0.1, 0.15) is 399 Å². The number of phosphoric ester groups is 1. The van der Waals surface area contributed by atoms with Crippen LogP contribution in [0.15, 0.2) is 36.5 Å². The lowest BCUT2D eigenvalue weighted by Gasteiger charge is -2.19. The van der Waals surface area contributed by atoms with Crippen molar-refractivity contribution < 1.29 is 37.6 Å². The third-order valence-electron chi connectivity index (χ3n) is 17.0. The van der Waals surface area contributed by atoms with Crippen molar-refractivity contribution in [2.24, 2.45) is 5.73 Å². The molecule has 0 amide bonds. The summed E-state index contributed by atoms with van der Waals surface area (Å²) < 4.78 is 33.2. The molecule has 0 saturated carbocycles. The fourth-order valence-electron chi connectivity index (χ4n) is 11.4. The molecule has 9 nitrogen and oxygen atoms in total. The highest BCUT2D eigenvalue weighted by Gasteiger charge is 2.26. The molecule has 0 radical (unpaired) electrons. The Morgan fingerprint density at radius 3 is 0.906 bits per heavy atom. The molecule has 0 bridgehead atoms. The minimum atomic E-state index is -4.39. The van der Waals surface area contributed by atoms with E-state index in [-0.39, 0.29) is 38.6 Å². The molecule has 0 saturated heterocycles. The minimum Gasteiger partial charge on any atom is -0.462 e. The number of rotatable bonds is 72. The third kappa shape index (κ3) is 71.2. The first-order valence-electron chi connectivity index (χ1n) is 37.5. The van der Waals surface area contributed by atoms with Gasteiger partial charge in [-0.05, 0) is 70.6 Å². The van der Waals surface area contributed by atoms with Gasteiger partial charge in [-0.1, -0.05) is 352 Å². The number of carbonyl (C=O) groups is 2. The Morgan fingerprint density at radius 1 is 0.353 bits per heavy atom. The van der Waals surface area contributed by atoms with Gasteiger partial charge in [0, 0.05) is 19.4 Å². The number of allylic oxidation sites excluding steroid dienone is 6. The lowest BCUT2D eigenvalue weighted by atomic mass is 10.0. The molecule has 0 rings (SSSR count). The van der Waals surface area contributed by atoms with E-state index in [0.29, 0.717) is 6.42 Å². The Morgan fingerprint density at radius 2 is 0.612 bits per heavy atom. The second kappa shape index (κ2) is 71.3. The summed E-state index contributed by atoms with van der Waals surface area (Å²) in [7, 11) is -4.39. The molecule has 85 heavy (non-hydrogen) atoms. The average Bonchev–Trinajstić information content (AvgIpc) is 3.52. The number of carbonyl (C=O) groups excluding carboxylic acids is 2. The largest absolute Gasteiger partial charge is 0.472 e. The van der Waals surface area contributed by atoms with Crippen LogP contribution in [0.2, 0.25) is 0 Å². The topological polar surface area (TPSA) is 134 Å². The Labute approximate surface area is 528 Å². The van der Waals surface area contributed by atoms with Gasteiger partial charge in [-0.15, -0.1) is 0 Å². The zero-order chi connectivity index (χ0) is 61.6. The van der Waals surface area contributed by atoms with Gasteiger partial charge >= 0.3 is 19.8 Å². The molecule has 0 aromatic rings. The smallest absolute Gasteiger partial charge is 0.462 e. The lowest BCUT2D eigenvalue weighted by Crippen LogP contribution is -2.29. The molecule has 0 aliphatic carbocycles. The van der Waals surface area contributed by atoms with Gasteiger partial charge in [0.1, 0.15) is 6.61 Å². The van der Waals surface area contributed by atoms with E-state index in [1.54, 1.807) is 0 Å². The van der Waals surface area contributed by atoms with Gasteiger partial charge in [-0.3, -0.25) is 18.6 Å². The Hall–Kier alpha value is -1.77. The Kier molecular flexibility index (Phi) is 69.8. The van der Waals surface area contributed by atoms with Crippen LogP contribution in [0.25, 0.3) is 0 Å². The maximum atomic E-state index is 12.8. The summed E-state index contributed by atoms with van der Waals surface area (Å²) in [5, 5.41) is 0. The first-order chi connectivity index (χ1) is 41.8. The average molecular weight is 1220 g/mol. The predicted octanol–water partition coefficient (Wildman–Crippen LogP) is 24.6. The molecule has 0 aliphatic rings. The Bertz CT molecular complexity index is 1490. The number of hydrogen-bond acceptors (Lipinski definition) is 8. The van der Waals surface area contributed by atoms with Crippen LogP contribution < -0.4 is 5.73 Å². The molecule has 0 aromatic heterocycles. The van der Waals surface area contributed by atoms with Gasteiger partial charge in [-0.25, -0.2) is 4.57 Å². The normalized spacial score (nSPS) is 13.0. The molecule has 0 aromatic carbocycles. The van der Waals surface area contributed by atoms with E-state index >= 15 is 0 Å². The molecular weight excluding hydrogens is 1070 g/mol. The summed E-state index contributed by atoms with van der Waals surface area (Å²) in [6, 6.07) is 0. The van der Waals surface area contributed by atoms with Crippen LogP contribution in [-0.4, -0.2) is 49.3 Å². The number of esters is 2. The first-order valence-corrected chi connectivity index (χ1v) is 39.0. The van der Waals surface area contributed by atoms with E-state index in [9.17, 15) is 19.0 Å². The maximum Gasteiger partial charge on any atom is 0.472 e. The number of phosphoric acid groups is 1. The van der Waals surface area contributed by atoms with Crippen molar-refractivity contribution in [3.63, 3.8) is 0 Å². The molecule has 2 atom stereocenters. The summed E-state index contributed by atoms with van der Waals surface area (Å²) >= 11 is 0. The third-order valence-corrected chi connectivity index (χ3v) is 18.0. The van der Waals surface area contributed by atoms with Crippen molar-refractivity contribution in [1.82, 2.24) is 0 Å². The van der Waals surface area contributed by atoms with Crippen molar-refractivity contribution in [2.75, 3.05) is 26.4 Å². The molecule has 10 heteroatoms. The quantitative estimate of drug-likeness (QED) is 0.0264. The molecule has 502 valence electrons. The number of unbranched alkanes of at least 4 members (excludes halogenated alkanes) is 53. The lowest BCUT2D eigenvalue weighted by molar-refractivity contribution is -0.161. The van der Waals surface area contributed by atoms with Crippen LogP contribution in [0, 0.1) is 0 Å². The van der Waals surface area contributed by atoms with E-state index in [0.717, 1.165) is 38.5 Å². The molecule has 0 aliphatic heterocycles. The minimum absolute atomic E-state index is 0.0563. The van der Waals surface area contributed by atoms with Crippen molar-refractivity contribution >= 4 is 19.8 Å². The fraction of sp³-hybridized carbons (Fsp3) is 0.893. The fourth-order valence-corrected chi connectivity index (χ4v) is 12.2. The second-order valence-electron chi connectivity index (χ2n) is 25.5. The van der Waals surface area contributed by atoms with E-state index in [1.807, 2.05) is 0 Å². The highest BCUT2D eigenvalue weighted by molar-refractivity contribution is 7.47. The molecule has 0 fully saturated rings. The van der Waals surface area contributed by atoms with E-state index in [2.05, 4.69) is 50.3 Å². The monoisotopic (exact) mass is 1220 g/mol. The van der Waals surface area contributed by atoms with Crippen molar-refractivity contribution in [3.8, 4) is 0 Å². The van der Waals surface area contributed by atoms with E-state index in [1.165, 1.54) is 327 Å². The summed E-state index contributed by atoms with van der Waals surface area (Å²) in [6.45, 7) is 3.81.